The maximum absolute atomic E-state index is 13.0. The van der Waals surface area contributed by atoms with Gasteiger partial charge in [0.25, 0.3) is 0 Å². The van der Waals surface area contributed by atoms with Crippen LogP contribution in [-0.4, -0.2) is 48.8 Å². The number of nitrogens with one attached hydrogen (secondary N) is 2. The second-order valence-corrected chi connectivity index (χ2v) is 11.2. The molecule has 3 amide bonds. The van der Waals surface area contributed by atoms with Crippen molar-refractivity contribution in [1.29, 1.82) is 0 Å². The molecule has 2 saturated carbocycles. The Balaban J connectivity index is 1.64. The molecule has 0 heterocycles. The zero-order chi connectivity index (χ0) is 25.8. The summed E-state index contributed by atoms with van der Waals surface area (Å²) in [5.74, 6) is 0.988. The Morgan fingerprint density at radius 2 is 1.03 bits per heavy atom. The molecule has 2 fully saturated rings. The first-order valence-electron chi connectivity index (χ1n) is 15.4. The van der Waals surface area contributed by atoms with Crippen molar-refractivity contribution in [1.82, 2.24) is 15.5 Å². The van der Waals surface area contributed by atoms with Gasteiger partial charge in [-0.1, -0.05) is 84.0 Å². The van der Waals surface area contributed by atoms with Crippen LogP contribution in [0.1, 0.15) is 135 Å². The zero-order valence-electron chi connectivity index (χ0n) is 23.3. The highest BCUT2D eigenvalue weighted by molar-refractivity contribution is 5.79. The predicted octanol–water partition coefficient (Wildman–Crippen LogP) is 6.13. The molecule has 0 aromatic heterocycles. The Labute approximate surface area is 221 Å². The fourth-order valence-electron chi connectivity index (χ4n) is 5.73. The third-order valence-corrected chi connectivity index (χ3v) is 8.11. The van der Waals surface area contributed by atoms with Gasteiger partial charge in [0.05, 0.1) is 0 Å². The van der Waals surface area contributed by atoms with Crippen LogP contribution in [0.4, 0.5) is 0 Å². The highest BCUT2D eigenvalue weighted by Crippen LogP contribution is 2.25. The average Bonchev–Trinajstić information content (AvgIpc) is 3.61. The molecular formula is C30H55N3O3. The summed E-state index contributed by atoms with van der Waals surface area (Å²) in [6, 6.07) is 0. The molecule has 0 radical (unpaired) electrons. The van der Waals surface area contributed by atoms with Crippen molar-refractivity contribution in [3.8, 4) is 0 Å². The maximum Gasteiger partial charge on any atom is 0.223 e. The lowest BCUT2D eigenvalue weighted by molar-refractivity contribution is -0.131. The van der Waals surface area contributed by atoms with Crippen LogP contribution in [-0.2, 0) is 14.4 Å². The fourth-order valence-corrected chi connectivity index (χ4v) is 5.73. The number of carbonyl (C=O) groups excluding carboxylic acids is 3. The smallest absolute Gasteiger partial charge is 0.223 e. The number of nitrogens with zero attached hydrogens (tertiary/aromatic N) is 1. The van der Waals surface area contributed by atoms with E-state index < -0.39 is 0 Å². The molecule has 6 heteroatoms. The summed E-state index contributed by atoms with van der Waals surface area (Å²) < 4.78 is 0. The van der Waals surface area contributed by atoms with Crippen molar-refractivity contribution in [2.45, 2.75) is 135 Å². The Morgan fingerprint density at radius 1 is 0.611 bits per heavy atom. The summed E-state index contributed by atoms with van der Waals surface area (Å²) in [7, 11) is 0. The third-order valence-electron chi connectivity index (χ3n) is 8.11. The lowest BCUT2D eigenvalue weighted by Crippen LogP contribution is -2.37. The van der Waals surface area contributed by atoms with Crippen molar-refractivity contribution in [3.05, 3.63) is 0 Å². The van der Waals surface area contributed by atoms with Crippen molar-refractivity contribution in [2.75, 3.05) is 26.2 Å². The molecule has 0 atom stereocenters. The van der Waals surface area contributed by atoms with E-state index in [1.54, 1.807) is 0 Å². The van der Waals surface area contributed by atoms with Crippen LogP contribution < -0.4 is 10.6 Å². The Kier molecular flexibility index (Phi) is 16.6. The van der Waals surface area contributed by atoms with E-state index in [-0.39, 0.29) is 29.6 Å². The summed E-state index contributed by atoms with van der Waals surface area (Å²) in [6.07, 6.45) is 22.1. The van der Waals surface area contributed by atoms with Crippen LogP contribution in [0.2, 0.25) is 0 Å². The first kappa shape index (κ1) is 30.6. The molecule has 2 aliphatic carbocycles. The second-order valence-electron chi connectivity index (χ2n) is 11.2. The quantitative estimate of drug-likeness (QED) is 0.195. The van der Waals surface area contributed by atoms with E-state index in [0.717, 1.165) is 77.0 Å². The van der Waals surface area contributed by atoms with E-state index in [9.17, 15) is 14.4 Å². The van der Waals surface area contributed by atoms with E-state index in [0.29, 0.717) is 32.6 Å². The topological polar surface area (TPSA) is 78.5 Å². The van der Waals surface area contributed by atoms with E-state index in [1.807, 2.05) is 4.90 Å². The lowest BCUT2D eigenvalue weighted by Gasteiger charge is -2.23. The van der Waals surface area contributed by atoms with Gasteiger partial charge in [-0.05, 0) is 44.9 Å². The minimum Gasteiger partial charge on any atom is -0.356 e. The van der Waals surface area contributed by atoms with Crippen molar-refractivity contribution in [2.24, 2.45) is 11.8 Å². The Hall–Kier alpha value is -1.59. The maximum atomic E-state index is 13.0. The van der Waals surface area contributed by atoms with Crippen LogP contribution >= 0.6 is 0 Å². The van der Waals surface area contributed by atoms with E-state index in [4.69, 9.17) is 0 Å². The fraction of sp³-hybridized carbons (Fsp3) is 0.900. The van der Waals surface area contributed by atoms with E-state index in [2.05, 4.69) is 17.6 Å². The van der Waals surface area contributed by atoms with Gasteiger partial charge in [-0.15, -0.1) is 0 Å². The van der Waals surface area contributed by atoms with Gasteiger partial charge in [0.1, 0.15) is 0 Å². The molecule has 6 nitrogen and oxygen atoms in total. The first-order valence-corrected chi connectivity index (χ1v) is 15.4. The molecule has 2 aliphatic rings. The van der Waals surface area contributed by atoms with E-state index >= 15 is 0 Å². The van der Waals surface area contributed by atoms with Gasteiger partial charge in [0.15, 0.2) is 0 Å². The van der Waals surface area contributed by atoms with Crippen molar-refractivity contribution < 1.29 is 14.4 Å². The molecule has 208 valence electrons. The predicted molar refractivity (Wildman–Crippen MR) is 148 cm³/mol. The summed E-state index contributed by atoms with van der Waals surface area (Å²) in [5, 5.41) is 6.17. The monoisotopic (exact) mass is 505 g/mol. The summed E-state index contributed by atoms with van der Waals surface area (Å²) >= 11 is 0. The van der Waals surface area contributed by atoms with Gasteiger partial charge in [0, 0.05) is 44.4 Å². The number of hydrogen-bond acceptors (Lipinski definition) is 3. The minimum atomic E-state index is 0.190. The molecule has 0 aromatic carbocycles. The number of hydrogen-bond donors (Lipinski definition) is 2. The summed E-state index contributed by atoms with van der Waals surface area (Å²) in [4.78, 5) is 39.5. The molecule has 2 rings (SSSR count). The number of unbranched alkanes of at least 4 members (excludes halogenated alkanes) is 8. The molecule has 0 bridgehead atoms. The van der Waals surface area contributed by atoms with Crippen LogP contribution in [0.25, 0.3) is 0 Å². The second kappa shape index (κ2) is 19.5. The Morgan fingerprint density at radius 3 is 1.47 bits per heavy atom. The molecule has 2 N–H and O–H groups in total. The van der Waals surface area contributed by atoms with Gasteiger partial charge < -0.3 is 15.5 Å². The lowest BCUT2D eigenvalue weighted by atomic mass is 10.1. The largest absolute Gasteiger partial charge is 0.356 e. The van der Waals surface area contributed by atoms with Crippen LogP contribution in [0.3, 0.4) is 0 Å². The molecule has 0 spiro atoms. The third kappa shape index (κ3) is 13.1. The number of amides is 3. The van der Waals surface area contributed by atoms with Gasteiger partial charge in [0.2, 0.25) is 17.7 Å². The van der Waals surface area contributed by atoms with Gasteiger partial charge >= 0.3 is 0 Å². The SMILES string of the molecule is CCCCCCCCCCCC(=O)N(CCCNC(=O)C1CCCC1)CCCNC(=O)C1CCCC1. The highest BCUT2D eigenvalue weighted by atomic mass is 16.2. The molecule has 0 unspecified atom stereocenters. The summed E-state index contributed by atoms with van der Waals surface area (Å²) in [5.41, 5.74) is 0. The van der Waals surface area contributed by atoms with Crippen molar-refractivity contribution >= 4 is 17.7 Å². The minimum absolute atomic E-state index is 0.190. The van der Waals surface area contributed by atoms with Gasteiger partial charge in [-0.2, -0.15) is 0 Å². The van der Waals surface area contributed by atoms with Crippen molar-refractivity contribution in [3.63, 3.8) is 0 Å². The first-order chi connectivity index (χ1) is 17.6. The zero-order valence-corrected chi connectivity index (χ0v) is 23.3. The van der Waals surface area contributed by atoms with Gasteiger partial charge in [-0.3, -0.25) is 14.4 Å². The van der Waals surface area contributed by atoms with E-state index in [1.165, 1.54) is 44.9 Å². The average molecular weight is 506 g/mol. The molecular weight excluding hydrogens is 450 g/mol. The molecule has 36 heavy (non-hydrogen) atoms. The van der Waals surface area contributed by atoms with Crippen LogP contribution in [0.15, 0.2) is 0 Å². The molecule has 0 saturated heterocycles. The van der Waals surface area contributed by atoms with Crippen LogP contribution in [0.5, 0.6) is 0 Å². The normalized spacial score (nSPS) is 16.4. The standard InChI is InChI=1S/C30H55N3O3/c1-2-3-4-5-6-7-8-9-10-21-28(34)33(24-15-22-31-29(35)26-17-11-12-18-26)25-16-23-32-30(36)27-19-13-14-20-27/h26-27H,2-25H2,1H3,(H,31,35)(H,32,36). The molecule has 0 aromatic rings. The Bertz CT molecular complexity index is 577. The van der Waals surface area contributed by atoms with Crippen LogP contribution in [0, 0.1) is 11.8 Å². The molecule has 0 aliphatic heterocycles. The summed E-state index contributed by atoms with van der Waals surface area (Å²) in [6.45, 7) is 4.87. The number of carbonyl (C=O) groups is 3. The highest BCUT2D eigenvalue weighted by Gasteiger charge is 2.23. The van der Waals surface area contributed by atoms with Gasteiger partial charge in [-0.25, -0.2) is 0 Å². The number of rotatable bonds is 20.